The first-order valence-corrected chi connectivity index (χ1v) is 7.35. The van der Waals surface area contributed by atoms with Crippen molar-refractivity contribution in [2.24, 2.45) is 0 Å². The van der Waals surface area contributed by atoms with Crippen LogP contribution in [-0.4, -0.2) is 16.6 Å². The Bertz CT molecular complexity index is 515. The standard InChI is InChI=1S/C8H8BrFO5P2/c9-5-2-7-6(14-3-15-7)1-4(5)8(10,16)17(11,12)13/h1-2H,3,16H2,(H2,11,12,13). The van der Waals surface area contributed by atoms with Crippen LogP contribution in [0.5, 0.6) is 11.5 Å². The number of ether oxygens (including phenoxy) is 2. The molecule has 0 radical (unpaired) electrons. The molecule has 0 saturated heterocycles. The van der Waals surface area contributed by atoms with Crippen molar-refractivity contribution in [3.8, 4) is 11.5 Å². The normalized spacial score (nSPS) is 17.9. The van der Waals surface area contributed by atoms with E-state index in [4.69, 9.17) is 19.3 Å². The van der Waals surface area contributed by atoms with Crippen LogP contribution in [0.25, 0.3) is 0 Å². The molecule has 1 aromatic carbocycles. The Balaban J connectivity index is 2.57. The summed E-state index contributed by atoms with van der Waals surface area (Å²) in [6, 6.07) is 2.62. The Morgan fingerprint density at radius 3 is 2.47 bits per heavy atom. The molecule has 1 aliphatic heterocycles. The smallest absolute Gasteiger partial charge is 0.370 e. The van der Waals surface area contributed by atoms with Gasteiger partial charge in [-0.15, -0.1) is 0 Å². The van der Waals surface area contributed by atoms with Gasteiger partial charge in [-0.3, -0.25) is 4.57 Å². The quantitative estimate of drug-likeness (QED) is 0.805. The average Bonchev–Trinajstić information content (AvgIpc) is 2.61. The molecule has 0 aliphatic carbocycles. The minimum absolute atomic E-state index is 0.00270. The van der Waals surface area contributed by atoms with Gasteiger partial charge in [0.1, 0.15) is 0 Å². The first kappa shape index (κ1) is 13.2. The number of rotatable bonds is 2. The second kappa shape index (κ2) is 4.18. The van der Waals surface area contributed by atoms with Crippen LogP contribution in [-0.2, 0) is 9.72 Å². The lowest BCUT2D eigenvalue weighted by Gasteiger charge is -2.23. The fourth-order valence-corrected chi connectivity index (χ4v) is 3.06. The van der Waals surface area contributed by atoms with Gasteiger partial charge < -0.3 is 19.3 Å². The van der Waals surface area contributed by atoms with E-state index in [9.17, 15) is 8.96 Å². The Hall–Kier alpha value is -0.190. The zero-order chi connectivity index (χ0) is 12.8. The van der Waals surface area contributed by atoms with Gasteiger partial charge in [0.25, 0.3) is 0 Å². The van der Waals surface area contributed by atoms with Crippen molar-refractivity contribution in [3.63, 3.8) is 0 Å². The maximum Gasteiger partial charge on any atom is 0.370 e. The monoisotopic (exact) mass is 344 g/mol. The van der Waals surface area contributed by atoms with Gasteiger partial charge in [0.05, 0.1) is 0 Å². The van der Waals surface area contributed by atoms with Gasteiger partial charge in [-0.2, -0.15) is 0 Å². The summed E-state index contributed by atoms with van der Waals surface area (Å²) >= 11 is 3.05. The summed E-state index contributed by atoms with van der Waals surface area (Å²) in [5.74, 6) is 0.647. The van der Waals surface area contributed by atoms with Crippen molar-refractivity contribution in [2.75, 3.05) is 6.79 Å². The molecule has 0 spiro atoms. The van der Waals surface area contributed by atoms with E-state index in [0.29, 0.717) is 5.75 Å². The van der Waals surface area contributed by atoms with Gasteiger partial charge in [0.15, 0.2) is 11.5 Å². The minimum atomic E-state index is -4.97. The van der Waals surface area contributed by atoms with E-state index in [1.165, 1.54) is 21.4 Å². The Kier molecular flexibility index (Phi) is 3.26. The van der Waals surface area contributed by atoms with Crippen molar-refractivity contribution in [1.82, 2.24) is 0 Å². The number of halogens is 2. The number of benzene rings is 1. The third kappa shape index (κ3) is 2.23. The molecule has 0 amide bonds. The number of hydrogen-bond acceptors (Lipinski definition) is 3. The van der Waals surface area contributed by atoms with E-state index < -0.39 is 12.7 Å². The van der Waals surface area contributed by atoms with E-state index in [0.717, 1.165) is 0 Å². The summed E-state index contributed by atoms with van der Waals surface area (Å²) in [5, 5.41) is -2.87. The Morgan fingerprint density at radius 1 is 1.41 bits per heavy atom. The average molecular weight is 345 g/mol. The van der Waals surface area contributed by atoms with Gasteiger partial charge in [0.2, 0.25) is 11.9 Å². The van der Waals surface area contributed by atoms with Crippen LogP contribution in [0.15, 0.2) is 16.6 Å². The highest BCUT2D eigenvalue weighted by Gasteiger charge is 2.47. The van der Waals surface area contributed by atoms with Crippen molar-refractivity contribution >= 4 is 32.8 Å². The van der Waals surface area contributed by atoms with E-state index in [1.807, 2.05) is 0 Å². The van der Waals surface area contributed by atoms with Crippen LogP contribution in [0.4, 0.5) is 4.39 Å². The molecule has 1 aliphatic rings. The molecule has 0 saturated carbocycles. The molecule has 5 nitrogen and oxygen atoms in total. The van der Waals surface area contributed by atoms with Gasteiger partial charge in [0, 0.05) is 10.0 Å². The Labute approximate surface area is 107 Å². The van der Waals surface area contributed by atoms with Crippen LogP contribution in [0, 0.1) is 0 Å². The summed E-state index contributed by atoms with van der Waals surface area (Å²) in [5.41, 5.74) is -0.208. The highest BCUT2D eigenvalue weighted by molar-refractivity contribution is 9.10. The molecule has 2 N–H and O–H groups in total. The summed E-state index contributed by atoms with van der Waals surface area (Å²) < 4.78 is 35.5. The number of hydrogen-bond donors (Lipinski definition) is 2. The zero-order valence-corrected chi connectivity index (χ0v) is 11.9. The van der Waals surface area contributed by atoms with E-state index in [2.05, 4.69) is 15.9 Å². The summed E-state index contributed by atoms with van der Waals surface area (Å²) in [6.45, 7) is -0.00270. The molecule has 2 unspecified atom stereocenters. The Morgan fingerprint density at radius 2 is 1.94 bits per heavy atom. The van der Waals surface area contributed by atoms with Crippen LogP contribution in [0.2, 0.25) is 0 Å². The van der Waals surface area contributed by atoms with E-state index in [-0.39, 0.29) is 22.6 Å². The first-order chi connectivity index (χ1) is 7.73. The van der Waals surface area contributed by atoms with Crippen LogP contribution in [0.3, 0.4) is 0 Å². The molecular weight excluding hydrogens is 337 g/mol. The molecule has 1 heterocycles. The highest BCUT2D eigenvalue weighted by atomic mass is 79.9. The second-order valence-electron chi connectivity index (χ2n) is 3.40. The van der Waals surface area contributed by atoms with Crippen molar-refractivity contribution < 1.29 is 28.2 Å². The molecule has 9 heteroatoms. The van der Waals surface area contributed by atoms with Crippen LogP contribution >= 0.6 is 32.8 Å². The molecule has 2 rings (SSSR count). The number of alkyl halides is 1. The molecule has 17 heavy (non-hydrogen) atoms. The SMILES string of the molecule is O=P(O)(O)C(F)(P)c1cc2c(cc1Br)OCO2. The maximum absolute atomic E-state index is 14.1. The molecule has 0 bridgehead atoms. The third-order valence-electron chi connectivity index (χ3n) is 2.26. The van der Waals surface area contributed by atoms with Crippen LogP contribution < -0.4 is 9.47 Å². The predicted octanol–water partition coefficient (Wildman–Crippen LogP) is 2.31. The van der Waals surface area contributed by atoms with Crippen LogP contribution in [0.1, 0.15) is 5.56 Å². The third-order valence-corrected chi connectivity index (χ3v) is 5.33. The highest BCUT2D eigenvalue weighted by Crippen LogP contribution is 2.64. The van der Waals surface area contributed by atoms with E-state index >= 15 is 0 Å². The van der Waals surface area contributed by atoms with Crippen molar-refractivity contribution in [3.05, 3.63) is 22.2 Å². The van der Waals surface area contributed by atoms with Gasteiger partial charge in [-0.25, -0.2) is 4.39 Å². The molecule has 0 fully saturated rings. The largest absolute Gasteiger partial charge is 0.454 e. The van der Waals surface area contributed by atoms with Gasteiger partial charge in [-0.1, -0.05) is 25.2 Å². The molecule has 94 valence electrons. The maximum atomic E-state index is 14.1. The minimum Gasteiger partial charge on any atom is -0.454 e. The first-order valence-electron chi connectivity index (χ1n) is 4.36. The predicted molar refractivity (Wildman–Crippen MR) is 64.8 cm³/mol. The number of fused-ring (bicyclic) bond motifs is 1. The lowest BCUT2D eigenvalue weighted by molar-refractivity contribution is 0.174. The van der Waals surface area contributed by atoms with Crippen molar-refractivity contribution in [2.45, 2.75) is 5.15 Å². The fourth-order valence-electron chi connectivity index (χ4n) is 1.34. The summed E-state index contributed by atoms with van der Waals surface area (Å²) in [4.78, 5) is 18.0. The van der Waals surface area contributed by atoms with E-state index in [1.54, 1.807) is 0 Å². The summed E-state index contributed by atoms with van der Waals surface area (Å²) in [7, 11) is -3.44. The lowest BCUT2D eigenvalue weighted by Crippen LogP contribution is -2.12. The van der Waals surface area contributed by atoms with Gasteiger partial charge in [-0.05, 0) is 12.1 Å². The zero-order valence-electron chi connectivity index (χ0n) is 8.26. The summed E-state index contributed by atoms with van der Waals surface area (Å²) in [6.07, 6.45) is 0. The second-order valence-corrected chi connectivity index (χ2v) is 7.28. The fraction of sp³-hybridized carbons (Fsp3) is 0.250. The van der Waals surface area contributed by atoms with Gasteiger partial charge >= 0.3 is 7.60 Å². The van der Waals surface area contributed by atoms with Crippen molar-refractivity contribution in [1.29, 1.82) is 0 Å². The lowest BCUT2D eigenvalue weighted by atomic mass is 10.2. The molecular formula is C8H8BrFO5P2. The molecule has 1 aromatic rings. The molecule has 2 atom stereocenters. The molecule has 0 aromatic heterocycles. The topological polar surface area (TPSA) is 76.0 Å².